The molecule has 3 rings (SSSR count). The molecule has 6 nitrogen and oxygen atoms in total. The van der Waals surface area contributed by atoms with E-state index in [9.17, 15) is 18.0 Å². The molecular formula is C20H21ClN2O4S2. The third-order valence-electron chi connectivity index (χ3n) is 4.47. The molecule has 29 heavy (non-hydrogen) atoms. The minimum Gasteiger partial charge on any atom is -0.325 e. The minimum atomic E-state index is -3.73. The summed E-state index contributed by atoms with van der Waals surface area (Å²) in [6.07, 6.45) is 0.375. The van der Waals surface area contributed by atoms with Gasteiger partial charge in [-0.05, 0) is 42.8 Å². The molecule has 0 bridgehead atoms. The number of sulfone groups is 1. The Hall–Kier alpha value is -2.03. The molecule has 2 N–H and O–H groups in total. The Morgan fingerprint density at radius 3 is 2.76 bits per heavy atom. The molecule has 1 unspecified atom stereocenters. The molecule has 1 heterocycles. The summed E-state index contributed by atoms with van der Waals surface area (Å²) in [5, 5.41) is 5.81. The van der Waals surface area contributed by atoms with Crippen LogP contribution in [-0.2, 0) is 19.4 Å². The van der Waals surface area contributed by atoms with Gasteiger partial charge in [0.25, 0.3) is 0 Å². The Kier molecular flexibility index (Phi) is 6.55. The van der Waals surface area contributed by atoms with Crippen LogP contribution in [0, 0.1) is 12.8 Å². The molecule has 0 radical (unpaired) electrons. The molecule has 1 aliphatic rings. The normalized spacial score (nSPS) is 15.1. The molecule has 1 atom stereocenters. The van der Waals surface area contributed by atoms with Crippen LogP contribution in [-0.4, -0.2) is 31.7 Å². The summed E-state index contributed by atoms with van der Waals surface area (Å²) in [5.41, 5.74) is 1.88. The van der Waals surface area contributed by atoms with Crippen molar-refractivity contribution in [3.05, 3.63) is 47.0 Å². The zero-order valence-corrected chi connectivity index (χ0v) is 18.4. The van der Waals surface area contributed by atoms with Gasteiger partial charge in [-0.1, -0.05) is 24.6 Å². The molecule has 0 fully saturated rings. The number of halogens is 1. The third-order valence-corrected chi connectivity index (χ3v) is 7.77. The Bertz CT molecular complexity index is 1070. The van der Waals surface area contributed by atoms with Crippen LogP contribution in [0.3, 0.4) is 0 Å². The van der Waals surface area contributed by atoms with E-state index in [1.807, 2.05) is 13.0 Å². The molecule has 0 saturated heterocycles. The first-order valence-electron chi connectivity index (χ1n) is 9.02. The lowest BCUT2D eigenvalue weighted by atomic mass is 10.2. The average Bonchev–Trinajstić information content (AvgIpc) is 2.83. The second-order valence-electron chi connectivity index (χ2n) is 6.96. The first-order chi connectivity index (χ1) is 13.7. The number of carbonyl (C=O) groups is 2. The van der Waals surface area contributed by atoms with Gasteiger partial charge in [0.05, 0.1) is 27.0 Å². The summed E-state index contributed by atoms with van der Waals surface area (Å²) < 4.78 is 25.7. The SMILES string of the molecule is Cc1ccc(NC(=O)C(C)CS(=O)(=O)c2ccc3c(c2)NC(=O)CCS3)c(Cl)c1. The maximum absolute atomic E-state index is 12.8. The standard InChI is InChI=1S/C20H21ClN2O4S2/c1-12-3-5-16(15(21)9-12)23-20(25)13(2)11-29(26,27)14-4-6-18-17(10-14)22-19(24)7-8-28-18/h3-6,9-10,13H,7-8,11H2,1-2H3,(H,22,24)(H,23,25). The van der Waals surface area contributed by atoms with Crippen molar-refractivity contribution in [2.24, 2.45) is 5.92 Å². The van der Waals surface area contributed by atoms with Gasteiger partial charge in [0.2, 0.25) is 11.8 Å². The number of carbonyl (C=O) groups excluding carboxylic acids is 2. The maximum atomic E-state index is 12.8. The molecule has 0 aliphatic carbocycles. The number of anilines is 2. The Morgan fingerprint density at radius 1 is 1.28 bits per heavy atom. The predicted octanol–water partition coefficient (Wildman–Crippen LogP) is 4.13. The second-order valence-corrected chi connectivity index (χ2v) is 10.5. The summed E-state index contributed by atoms with van der Waals surface area (Å²) in [6, 6.07) is 9.88. The van der Waals surface area contributed by atoms with E-state index < -0.39 is 21.7 Å². The van der Waals surface area contributed by atoms with Gasteiger partial charge in [-0.2, -0.15) is 0 Å². The fourth-order valence-corrected chi connectivity index (χ4v) is 5.67. The summed E-state index contributed by atoms with van der Waals surface area (Å²) in [6.45, 7) is 3.43. The Balaban J connectivity index is 1.74. The van der Waals surface area contributed by atoms with Crippen LogP contribution in [0.25, 0.3) is 0 Å². The van der Waals surface area contributed by atoms with Crippen molar-refractivity contribution in [2.45, 2.75) is 30.1 Å². The fourth-order valence-electron chi connectivity index (χ4n) is 2.87. The third kappa shape index (κ3) is 5.32. The van der Waals surface area contributed by atoms with Crippen molar-refractivity contribution in [2.75, 3.05) is 22.1 Å². The molecule has 154 valence electrons. The first-order valence-corrected chi connectivity index (χ1v) is 12.0. The monoisotopic (exact) mass is 452 g/mol. The molecule has 2 aromatic rings. The Labute approximate surface area is 179 Å². The van der Waals surface area contributed by atoms with Gasteiger partial charge in [-0.25, -0.2) is 8.42 Å². The number of hydrogen-bond donors (Lipinski definition) is 2. The van der Waals surface area contributed by atoms with Crippen LogP contribution in [0.4, 0.5) is 11.4 Å². The highest BCUT2D eigenvalue weighted by molar-refractivity contribution is 7.99. The predicted molar refractivity (Wildman–Crippen MR) is 116 cm³/mol. The van der Waals surface area contributed by atoms with E-state index in [-0.39, 0.29) is 16.6 Å². The maximum Gasteiger partial charge on any atom is 0.228 e. The molecular weight excluding hydrogens is 432 g/mol. The van der Waals surface area contributed by atoms with E-state index in [2.05, 4.69) is 10.6 Å². The van der Waals surface area contributed by atoms with E-state index in [1.54, 1.807) is 25.1 Å². The van der Waals surface area contributed by atoms with Crippen molar-refractivity contribution >= 4 is 56.4 Å². The van der Waals surface area contributed by atoms with E-state index in [0.29, 0.717) is 28.6 Å². The number of amides is 2. The zero-order valence-electron chi connectivity index (χ0n) is 16.0. The van der Waals surface area contributed by atoms with E-state index in [0.717, 1.165) is 10.5 Å². The summed E-state index contributed by atoms with van der Waals surface area (Å²) in [7, 11) is -3.73. The molecule has 2 aromatic carbocycles. The number of benzene rings is 2. The smallest absolute Gasteiger partial charge is 0.228 e. The van der Waals surface area contributed by atoms with Crippen LogP contribution < -0.4 is 10.6 Å². The topological polar surface area (TPSA) is 92.3 Å². The minimum absolute atomic E-state index is 0.0760. The van der Waals surface area contributed by atoms with Gasteiger partial charge in [0, 0.05) is 23.0 Å². The van der Waals surface area contributed by atoms with E-state index >= 15 is 0 Å². The van der Waals surface area contributed by atoms with Crippen LogP contribution >= 0.6 is 23.4 Å². The number of fused-ring (bicyclic) bond motifs is 1. The van der Waals surface area contributed by atoms with E-state index in [1.165, 1.54) is 23.9 Å². The van der Waals surface area contributed by atoms with Crippen molar-refractivity contribution < 1.29 is 18.0 Å². The van der Waals surface area contributed by atoms with Gasteiger partial charge < -0.3 is 10.6 Å². The summed E-state index contributed by atoms with van der Waals surface area (Å²) in [5.74, 6) is -1.09. The van der Waals surface area contributed by atoms with Crippen molar-refractivity contribution in [3.63, 3.8) is 0 Å². The van der Waals surface area contributed by atoms with Crippen molar-refractivity contribution in [1.29, 1.82) is 0 Å². The molecule has 0 spiro atoms. The molecule has 2 amide bonds. The number of hydrogen-bond acceptors (Lipinski definition) is 5. The van der Waals surface area contributed by atoms with Gasteiger partial charge in [-0.15, -0.1) is 11.8 Å². The number of rotatable bonds is 5. The van der Waals surface area contributed by atoms with E-state index in [4.69, 9.17) is 11.6 Å². The first kappa shape index (κ1) is 21.7. The average molecular weight is 453 g/mol. The number of aryl methyl sites for hydroxylation is 1. The second kappa shape index (κ2) is 8.77. The van der Waals surface area contributed by atoms with Gasteiger partial charge in [0.1, 0.15) is 0 Å². The number of nitrogens with one attached hydrogen (secondary N) is 2. The highest BCUT2D eigenvalue weighted by atomic mass is 35.5. The lowest BCUT2D eigenvalue weighted by Crippen LogP contribution is -2.27. The van der Waals surface area contributed by atoms with Gasteiger partial charge >= 0.3 is 0 Å². The van der Waals surface area contributed by atoms with Gasteiger partial charge in [-0.3, -0.25) is 9.59 Å². The molecule has 9 heteroatoms. The Morgan fingerprint density at radius 2 is 2.03 bits per heavy atom. The molecule has 1 aliphatic heterocycles. The summed E-state index contributed by atoms with van der Waals surface area (Å²) >= 11 is 7.63. The quantitative estimate of drug-likeness (QED) is 0.711. The molecule has 0 saturated carbocycles. The van der Waals surface area contributed by atoms with Crippen LogP contribution in [0.2, 0.25) is 5.02 Å². The highest BCUT2D eigenvalue weighted by Crippen LogP contribution is 2.33. The molecule has 0 aromatic heterocycles. The van der Waals surface area contributed by atoms with Gasteiger partial charge in [0.15, 0.2) is 9.84 Å². The lowest BCUT2D eigenvalue weighted by Gasteiger charge is -2.15. The van der Waals surface area contributed by atoms with Crippen LogP contribution in [0.5, 0.6) is 0 Å². The van der Waals surface area contributed by atoms with Crippen molar-refractivity contribution in [3.8, 4) is 0 Å². The largest absolute Gasteiger partial charge is 0.325 e. The van der Waals surface area contributed by atoms with Crippen LogP contribution in [0.15, 0.2) is 46.2 Å². The number of thioether (sulfide) groups is 1. The summed E-state index contributed by atoms with van der Waals surface area (Å²) in [4.78, 5) is 25.1. The lowest BCUT2D eigenvalue weighted by molar-refractivity contribution is -0.119. The van der Waals surface area contributed by atoms with Crippen LogP contribution in [0.1, 0.15) is 18.9 Å². The van der Waals surface area contributed by atoms with Crippen molar-refractivity contribution in [1.82, 2.24) is 0 Å². The zero-order chi connectivity index (χ0) is 21.2. The highest BCUT2D eigenvalue weighted by Gasteiger charge is 2.25. The fraction of sp³-hybridized carbons (Fsp3) is 0.300.